The van der Waals surface area contributed by atoms with Crippen molar-refractivity contribution in [2.45, 2.75) is 32.4 Å². The Hall–Kier alpha value is -2.19. The number of hydrogen-bond donors (Lipinski definition) is 1. The van der Waals surface area contributed by atoms with E-state index in [-0.39, 0.29) is 6.04 Å². The molecular weight excluding hydrogens is 280 g/mol. The highest BCUT2D eigenvalue weighted by atomic mass is 14.9. The SMILES string of the molecule is C/C=C\CN=CCC(C)NC(c1ccccc1)c1ccccc1. The lowest BCUT2D eigenvalue weighted by Gasteiger charge is -2.23. The van der Waals surface area contributed by atoms with Crippen molar-refractivity contribution in [3.63, 3.8) is 0 Å². The maximum absolute atomic E-state index is 4.40. The smallest absolute Gasteiger partial charge is 0.0578 e. The van der Waals surface area contributed by atoms with Gasteiger partial charge in [0.05, 0.1) is 12.6 Å². The molecule has 2 heteroatoms. The van der Waals surface area contributed by atoms with Crippen LogP contribution < -0.4 is 5.32 Å². The van der Waals surface area contributed by atoms with Crippen LogP contribution in [0.1, 0.15) is 37.4 Å². The highest BCUT2D eigenvalue weighted by molar-refractivity contribution is 5.58. The summed E-state index contributed by atoms with van der Waals surface area (Å²) in [5.41, 5.74) is 2.58. The van der Waals surface area contributed by atoms with E-state index < -0.39 is 0 Å². The number of nitrogens with one attached hydrogen (secondary N) is 1. The predicted octanol–water partition coefficient (Wildman–Crippen LogP) is 4.79. The number of aliphatic imine (C=N–C) groups is 1. The van der Waals surface area contributed by atoms with Crippen LogP contribution in [0.2, 0.25) is 0 Å². The van der Waals surface area contributed by atoms with Gasteiger partial charge in [-0.2, -0.15) is 0 Å². The van der Waals surface area contributed by atoms with Crippen molar-refractivity contribution in [2.24, 2.45) is 4.99 Å². The Morgan fingerprint density at radius 3 is 2.04 bits per heavy atom. The summed E-state index contributed by atoms with van der Waals surface area (Å²) in [5, 5.41) is 3.73. The minimum absolute atomic E-state index is 0.205. The van der Waals surface area contributed by atoms with Gasteiger partial charge < -0.3 is 5.32 Å². The third kappa shape index (κ3) is 5.84. The summed E-state index contributed by atoms with van der Waals surface area (Å²) in [7, 11) is 0. The summed E-state index contributed by atoms with van der Waals surface area (Å²) in [4.78, 5) is 4.40. The van der Waals surface area contributed by atoms with E-state index >= 15 is 0 Å². The summed E-state index contributed by atoms with van der Waals surface area (Å²) in [6, 6.07) is 21.8. The Kier molecular flexibility index (Phi) is 7.28. The van der Waals surface area contributed by atoms with Crippen LogP contribution in [-0.2, 0) is 0 Å². The summed E-state index contributed by atoms with van der Waals surface area (Å²) in [6.45, 7) is 4.99. The molecule has 2 aromatic rings. The van der Waals surface area contributed by atoms with Crippen LogP contribution in [0, 0.1) is 0 Å². The van der Waals surface area contributed by atoms with Gasteiger partial charge >= 0.3 is 0 Å². The fourth-order valence-electron chi connectivity index (χ4n) is 2.50. The topological polar surface area (TPSA) is 24.4 Å². The highest BCUT2D eigenvalue weighted by Crippen LogP contribution is 2.22. The number of nitrogens with zero attached hydrogens (tertiary/aromatic N) is 1. The first-order chi connectivity index (χ1) is 11.3. The quantitative estimate of drug-likeness (QED) is 0.550. The van der Waals surface area contributed by atoms with E-state index in [9.17, 15) is 0 Å². The zero-order valence-electron chi connectivity index (χ0n) is 14.0. The van der Waals surface area contributed by atoms with Gasteiger partial charge in [0.15, 0.2) is 0 Å². The first kappa shape index (κ1) is 17.2. The van der Waals surface area contributed by atoms with Crippen LogP contribution in [-0.4, -0.2) is 18.8 Å². The van der Waals surface area contributed by atoms with Crippen LogP contribution in [0.15, 0.2) is 77.8 Å². The maximum Gasteiger partial charge on any atom is 0.0578 e. The van der Waals surface area contributed by atoms with Crippen molar-refractivity contribution >= 4 is 6.21 Å². The van der Waals surface area contributed by atoms with E-state index in [1.807, 2.05) is 19.2 Å². The molecule has 0 spiro atoms. The van der Waals surface area contributed by atoms with Gasteiger partial charge in [0.2, 0.25) is 0 Å². The molecule has 0 aliphatic heterocycles. The van der Waals surface area contributed by atoms with Crippen molar-refractivity contribution in [1.82, 2.24) is 5.32 Å². The summed E-state index contributed by atoms with van der Waals surface area (Å²) in [6.07, 6.45) is 7.03. The molecule has 0 aliphatic rings. The molecule has 1 atom stereocenters. The Morgan fingerprint density at radius 2 is 1.52 bits per heavy atom. The monoisotopic (exact) mass is 306 g/mol. The molecule has 0 heterocycles. The number of rotatable bonds is 8. The minimum atomic E-state index is 0.205. The van der Waals surface area contributed by atoms with Gasteiger partial charge in [0.25, 0.3) is 0 Å². The molecule has 0 saturated heterocycles. The van der Waals surface area contributed by atoms with E-state index in [1.165, 1.54) is 11.1 Å². The molecule has 0 amide bonds. The van der Waals surface area contributed by atoms with Crippen molar-refractivity contribution in [3.05, 3.63) is 83.9 Å². The second-order valence-corrected chi connectivity index (χ2v) is 5.67. The molecule has 2 aromatic carbocycles. The third-order valence-corrected chi connectivity index (χ3v) is 3.75. The van der Waals surface area contributed by atoms with Crippen molar-refractivity contribution in [1.29, 1.82) is 0 Å². The largest absolute Gasteiger partial charge is 0.303 e. The standard InChI is InChI=1S/C21H26N2/c1-3-4-16-22-17-15-18(2)23-21(19-11-7-5-8-12-19)20-13-9-6-10-14-20/h3-14,17-18,21,23H,15-16H2,1-2H3/b4-3-,22-17?. The summed E-state index contributed by atoms with van der Waals surface area (Å²) < 4.78 is 0. The van der Waals surface area contributed by atoms with Gasteiger partial charge in [-0.1, -0.05) is 72.8 Å². The number of benzene rings is 2. The maximum atomic E-state index is 4.40. The molecule has 23 heavy (non-hydrogen) atoms. The van der Waals surface area contributed by atoms with Gasteiger partial charge in [-0.15, -0.1) is 0 Å². The second kappa shape index (κ2) is 9.75. The average molecular weight is 306 g/mol. The highest BCUT2D eigenvalue weighted by Gasteiger charge is 2.15. The van der Waals surface area contributed by atoms with Crippen molar-refractivity contribution in [3.8, 4) is 0 Å². The lowest BCUT2D eigenvalue weighted by atomic mass is 9.97. The minimum Gasteiger partial charge on any atom is -0.303 e. The molecular formula is C21H26N2. The summed E-state index contributed by atoms with van der Waals surface area (Å²) >= 11 is 0. The Morgan fingerprint density at radius 1 is 0.957 bits per heavy atom. The Bertz CT molecular complexity index is 563. The van der Waals surface area contributed by atoms with E-state index in [1.54, 1.807) is 0 Å². The zero-order chi connectivity index (χ0) is 16.3. The molecule has 2 rings (SSSR count). The summed E-state index contributed by atoms with van der Waals surface area (Å²) in [5.74, 6) is 0. The van der Waals surface area contributed by atoms with Gasteiger partial charge in [0.1, 0.15) is 0 Å². The lowest BCUT2D eigenvalue weighted by molar-refractivity contribution is 0.512. The van der Waals surface area contributed by atoms with Gasteiger partial charge in [0, 0.05) is 12.3 Å². The van der Waals surface area contributed by atoms with E-state index in [4.69, 9.17) is 0 Å². The molecule has 1 N–H and O–H groups in total. The van der Waals surface area contributed by atoms with Crippen LogP contribution in [0.5, 0.6) is 0 Å². The van der Waals surface area contributed by atoms with Crippen LogP contribution in [0.3, 0.4) is 0 Å². The van der Waals surface area contributed by atoms with Crippen molar-refractivity contribution < 1.29 is 0 Å². The molecule has 1 unspecified atom stereocenters. The van der Waals surface area contributed by atoms with Crippen LogP contribution in [0.4, 0.5) is 0 Å². The van der Waals surface area contributed by atoms with E-state index in [2.05, 4.69) is 84.0 Å². The first-order valence-corrected chi connectivity index (χ1v) is 8.26. The molecule has 0 saturated carbocycles. The second-order valence-electron chi connectivity index (χ2n) is 5.67. The van der Waals surface area contributed by atoms with Gasteiger partial charge in [-0.05, 0) is 31.4 Å². The molecule has 0 aromatic heterocycles. The van der Waals surface area contributed by atoms with Gasteiger partial charge in [-0.3, -0.25) is 4.99 Å². The van der Waals surface area contributed by atoms with Crippen LogP contribution in [0.25, 0.3) is 0 Å². The average Bonchev–Trinajstić information content (AvgIpc) is 2.61. The fraction of sp³-hybridized carbons (Fsp3) is 0.286. The zero-order valence-corrected chi connectivity index (χ0v) is 14.0. The molecule has 0 fully saturated rings. The molecule has 0 bridgehead atoms. The first-order valence-electron chi connectivity index (χ1n) is 8.26. The normalized spacial score (nSPS) is 13.2. The Balaban J connectivity index is 2.05. The van der Waals surface area contributed by atoms with E-state index in [0.717, 1.165) is 13.0 Å². The molecule has 0 radical (unpaired) electrons. The predicted molar refractivity (Wildman–Crippen MR) is 100 cm³/mol. The lowest BCUT2D eigenvalue weighted by Crippen LogP contribution is -2.31. The molecule has 0 aliphatic carbocycles. The Labute approximate surface area is 140 Å². The molecule has 120 valence electrons. The van der Waals surface area contributed by atoms with Crippen molar-refractivity contribution in [2.75, 3.05) is 6.54 Å². The van der Waals surface area contributed by atoms with E-state index in [0.29, 0.717) is 6.04 Å². The fourth-order valence-corrected chi connectivity index (χ4v) is 2.50. The third-order valence-electron chi connectivity index (χ3n) is 3.75. The number of allylic oxidation sites excluding steroid dienone is 1. The van der Waals surface area contributed by atoms with Crippen LogP contribution >= 0.6 is 0 Å². The molecule has 2 nitrogen and oxygen atoms in total. The number of hydrogen-bond acceptors (Lipinski definition) is 2. The van der Waals surface area contributed by atoms with Gasteiger partial charge in [-0.25, -0.2) is 0 Å².